The molecule has 0 unspecified atom stereocenters. The smallest absolute Gasteiger partial charge is 0.0546 e. The second-order valence-electron chi connectivity index (χ2n) is 11.5. The Morgan fingerprint density at radius 3 is 1.26 bits per heavy atom. The van der Waals surface area contributed by atoms with Gasteiger partial charge < -0.3 is 9.80 Å². The minimum Gasteiger partial charge on any atom is -0.311 e. The number of rotatable bonds is 7. The summed E-state index contributed by atoms with van der Waals surface area (Å²) in [6, 6.07) is 69.4. The SMILES string of the molecule is c1ccc(-c2cc3ccccc3cc2N(c2ccc(N(c3ccccc3)c3ccccc3)cc2)c2ccc3ccccc3c2)cc1. The van der Waals surface area contributed by atoms with Crippen LogP contribution in [0, 0.1) is 0 Å². The van der Waals surface area contributed by atoms with Gasteiger partial charge in [0.1, 0.15) is 0 Å². The molecule has 2 nitrogen and oxygen atoms in total. The van der Waals surface area contributed by atoms with Crippen molar-refractivity contribution in [1.29, 1.82) is 0 Å². The number of hydrogen-bond acceptors (Lipinski definition) is 2. The normalized spacial score (nSPS) is 11.0. The minimum absolute atomic E-state index is 1.09. The molecule has 0 aliphatic carbocycles. The zero-order valence-corrected chi connectivity index (χ0v) is 25.4. The highest BCUT2D eigenvalue weighted by Gasteiger charge is 2.20. The first-order valence-corrected chi connectivity index (χ1v) is 15.7. The largest absolute Gasteiger partial charge is 0.311 e. The van der Waals surface area contributed by atoms with Gasteiger partial charge in [0.2, 0.25) is 0 Å². The van der Waals surface area contributed by atoms with Gasteiger partial charge in [-0.15, -0.1) is 0 Å². The van der Waals surface area contributed by atoms with Crippen molar-refractivity contribution in [3.63, 3.8) is 0 Å². The molecule has 8 aromatic rings. The van der Waals surface area contributed by atoms with Crippen molar-refractivity contribution in [3.8, 4) is 11.1 Å². The first-order valence-electron chi connectivity index (χ1n) is 15.7. The number of para-hydroxylation sites is 2. The van der Waals surface area contributed by atoms with Gasteiger partial charge in [-0.05, 0) is 99.9 Å². The Morgan fingerprint density at radius 2 is 0.674 bits per heavy atom. The summed E-state index contributed by atoms with van der Waals surface area (Å²) in [6.07, 6.45) is 0. The van der Waals surface area contributed by atoms with Crippen LogP contribution in [-0.4, -0.2) is 0 Å². The molecule has 2 heteroatoms. The van der Waals surface area contributed by atoms with E-state index in [0.29, 0.717) is 0 Å². The van der Waals surface area contributed by atoms with E-state index in [1.165, 1.54) is 32.7 Å². The van der Waals surface area contributed by atoms with Gasteiger partial charge in [-0.1, -0.05) is 121 Å². The molecule has 0 saturated heterocycles. The van der Waals surface area contributed by atoms with Crippen molar-refractivity contribution in [3.05, 3.63) is 194 Å². The van der Waals surface area contributed by atoms with E-state index in [0.717, 1.165) is 34.1 Å². The van der Waals surface area contributed by atoms with E-state index in [4.69, 9.17) is 0 Å². The number of benzene rings is 8. The Bertz CT molecular complexity index is 2200. The molecule has 0 spiro atoms. The van der Waals surface area contributed by atoms with Crippen LogP contribution in [0.3, 0.4) is 0 Å². The summed E-state index contributed by atoms with van der Waals surface area (Å²) in [5.41, 5.74) is 9.05. The Morgan fingerprint density at radius 1 is 0.261 bits per heavy atom. The molecule has 0 amide bonds. The Balaban J connectivity index is 1.33. The van der Waals surface area contributed by atoms with E-state index in [-0.39, 0.29) is 0 Å². The molecule has 0 aromatic heterocycles. The molecular formula is C44H32N2. The van der Waals surface area contributed by atoms with Crippen molar-refractivity contribution >= 4 is 55.7 Å². The molecule has 0 radical (unpaired) electrons. The second kappa shape index (κ2) is 12.1. The summed E-state index contributed by atoms with van der Waals surface area (Å²) in [6.45, 7) is 0. The maximum Gasteiger partial charge on any atom is 0.0546 e. The van der Waals surface area contributed by atoms with Gasteiger partial charge in [0, 0.05) is 34.0 Å². The third-order valence-electron chi connectivity index (χ3n) is 8.58. The summed E-state index contributed by atoms with van der Waals surface area (Å²) in [7, 11) is 0. The van der Waals surface area contributed by atoms with E-state index in [2.05, 4.69) is 204 Å². The molecule has 0 saturated carbocycles. The lowest BCUT2D eigenvalue weighted by Crippen LogP contribution is -2.13. The van der Waals surface area contributed by atoms with Crippen molar-refractivity contribution in [2.45, 2.75) is 0 Å². The molecule has 0 atom stereocenters. The summed E-state index contributed by atoms with van der Waals surface area (Å²) in [5.74, 6) is 0. The molecule has 218 valence electrons. The molecule has 0 heterocycles. The first-order chi connectivity index (χ1) is 22.8. The molecule has 0 aliphatic heterocycles. The van der Waals surface area contributed by atoms with Crippen LogP contribution in [0.15, 0.2) is 194 Å². The highest BCUT2D eigenvalue weighted by molar-refractivity contribution is 5.99. The van der Waals surface area contributed by atoms with Gasteiger partial charge in [-0.3, -0.25) is 0 Å². The van der Waals surface area contributed by atoms with Crippen LogP contribution in [0.1, 0.15) is 0 Å². The van der Waals surface area contributed by atoms with Crippen LogP contribution in [0.2, 0.25) is 0 Å². The predicted octanol–water partition coefficient (Wildman–Crippen LogP) is 12.6. The number of hydrogen-bond donors (Lipinski definition) is 0. The molecule has 8 aromatic carbocycles. The van der Waals surface area contributed by atoms with Crippen LogP contribution < -0.4 is 9.80 Å². The van der Waals surface area contributed by atoms with Crippen molar-refractivity contribution in [2.75, 3.05) is 9.80 Å². The standard InChI is InChI=1S/C44H32N2/c1-4-15-34(16-5-1)43-31-36-18-12-13-19-37(36)32-44(43)46(42-25-24-33-14-10-11-17-35(33)30-42)41-28-26-40(27-29-41)45(38-20-6-2-7-21-38)39-22-8-3-9-23-39/h1-32H. The Kier molecular flexibility index (Phi) is 7.22. The average molecular weight is 589 g/mol. The third-order valence-corrected chi connectivity index (χ3v) is 8.58. The second-order valence-corrected chi connectivity index (χ2v) is 11.5. The fourth-order valence-corrected chi connectivity index (χ4v) is 6.36. The van der Waals surface area contributed by atoms with Crippen molar-refractivity contribution in [2.24, 2.45) is 0 Å². The monoisotopic (exact) mass is 588 g/mol. The molecule has 46 heavy (non-hydrogen) atoms. The molecule has 0 fully saturated rings. The maximum atomic E-state index is 2.40. The summed E-state index contributed by atoms with van der Waals surface area (Å²) >= 11 is 0. The first kappa shape index (κ1) is 27.4. The van der Waals surface area contributed by atoms with Gasteiger partial charge in [0.05, 0.1) is 5.69 Å². The highest BCUT2D eigenvalue weighted by Crippen LogP contribution is 2.44. The fraction of sp³-hybridized carbons (Fsp3) is 0. The zero-order valence-electron chi connectivity index (χ0n) is 25.4. The van der Waals surface area contributed by atoms with E-state index >= 15 is 0 Å². The van der Waals surface area contributed by atoms with E-state index in [9.17, 15) is 0 Å². The van der Waals surface area contributed by atoms with Crippen molar-refractivity contribution < 1.29 is 0 Å². The number of anilines is 6. The minimum atomic E-state index is 1.09. The predicted molar refractivity (Wildman–Crippen MR) is 196 cm³/mol. The summed E-state index contributed by atoms with van der Waals surface area (Å²) in [4.78, 5) is 4.70. The molecule has 0 aliphatic rings. The van der Waals surface area contributed by atoms with Crippen LogP contribution in [0.25, 0.3) is 32.7 Å². The highest BCUT2D eigenvalue weighted by atomic mass is 15.2. The topological polar surface area (TPSA) is 6.48 Å². The molecule has 0 N–H and O–H groups in total. The van der Waals surface area contributed by atoms with Crippen LogP contribution in [-0.2, 0) is 0 Å². The molecule has 0 bridgehead atoms. The molecule has 8 rings (SSSR count). The van der Waals surface area contributed by atoms with Crippen molar-refractivity contribution in [1.82, 2.24) is 0 Å². The van der Waals surface area contributed by atoms with Gasteiger partial charge in [-0.2, -0.15) is 0 Å². The Hall–Kier alpha value is -6.12. The van der Waals surface area contributed by atoms with Gasteiger partial charge in [0.15, 0.2) is 0 Å². The van der Waals surface area contributed by atoms with E-state index in [1.807, 2.05) is 0 Å². The van der Waals surface area contributed by atoms with E-state index < -0.39 is 0 Å². The maximum absolute atomic E-state index is 2.40. The quantitative estimate of drug-likeness (QED) is 0.183. The average Bonchev–Trinajstić information content (AvgIpc) is 3.13. The number of nitrogens with zero attached hydrogens (tertiary/aromatic N) is 2. The van der Waals surface area contributed by atoms with Gasteiger partial charge in [-0.25, -0.2) is 0 Å². The zero-order chi connectivity index (χ0) is 30.7. The summed E-state index contributed by atoms with van der Waals surface area (Å²) in [5, 5.41) is 4.87. The Labute approximate surface area is 270 Å². The van der Waals surface area contributed by atoms with Crippen LogP contribution in [0.4, 0.5) is 34.1 Å². The third kappa shape index (κ3) is 5.27. The lowest BCUT2D eigenvalue weighted by atomic mass is 9.97. The summed E-state index contributed by atoms with van der Waals surface area (Å²) < 4.78 is 0. The lowest BCUT2D eigenvalue weighted by molar-refractivity contribution is 1.26. The van der Waals surface area contributed by atoms with E-state index in [1.54, 1.807) is 0 Å². The number of fused-ring (bicyclic) bond motifs is 2. The van der Waals surface area contributed by atoms with Crippen LogP contribution in [0.5, 0.6) is 0 Å². The molecular weight excluding hydrogens is 556 g/mol. The lowest BCUT2D eigenvalue weighted by Gasteiger charge is -2.30. The van der Waals surface area contributed by atoms with Gasteiger partial charge in [0.25, 0.3) is 0 Å². The van der Waals surface area contributed by atoms with Gasteiger partial charge >= 0.3 is 0 Å². The van der Waals surface area contributed by atoms with Crippen LogP contribution >= 0.6 is 0 Å². The fourth-order valence-electron chi connectivity index (χ4n) is 6.36.